The fraction of sp³-hybridized carbons (Fsp3) is 0.417. The zero-order chi connectivity index (χ0) is 46.6. The number of anilines is 1. The van der Waals surface area contributed by atoms with Crippen molar-refractivity contribution < 1.29 is 33.4 Å². The Bertz CT molecular complexity index is 2640. The van der Waals surface area contributed by atoms with Gasteiger partial charge in [-0.2, -0.15) is 0 Å². The van der Waals surface area contributed by atoms with Crippen molar-refractivity contribution in [2.75, 3.05) is 11.4 Å². The van der Waals surface area contributed by atoms with Crippen molar-refractivity contribution in [2.24, 2.45) is 5.73 Å². The van der Waals surface area contributed by atoms with Gasteiger partial charge >= 0.3 is 18.0 Å². The van der Waals surface area contributed by atoms with Gasteiger partial charge in [-0.25, -0.2) is 29.3 Å². The number of aromatic nitrogens is 6. The van der Waals surface area contributed by atoms with Crippen molar-refractivity contribution in [3.05, 3.63) is 89.3 Å². The Morgan fingerprint density at radius 1 is 0.719 bits per heavy atom. The number of carbonyl (C=O) groups excluding carboxylic acids is 4. The van der Waals surface area contributed by atoms with Gasteiger partial charge in [0.15, 0.2) is 17.3 Å². The number of primary amides is 1. The van der Waals surface area contributed by atoms with E-state index in [2.05, 4.69) is 15.0 Å². The maximum Gasteiger partial charge on any atom is 0.420 e. The van der Waals surface area contributed by atoms with Gasteiger partial charge in [-0.15, -0.1) is 0 Å². The third kappa shape index (κ3) is 12.2. The van der Waals surface area contributed by atoms with Crippen molar-refractivity contribution in [1.82, 2.24) is 29.5 Å². The lowest BCUT2D eigenvalue weighted by atomic mass is 10.1. The van der Waals surface area contributed by atoms with Crippen LogP contribution in [0.5, 0.6) is 0 Å². The smallest absolute Gasteiger partial charge is 0.420 e. The summed E-state index contributed by atoms with van der Waals surface area (Å²) >= 11 is 6.48. The Labute approximate surface area is 378 Å². The van der Waals surface area contributed by atoms with Gasteiger partial charge < -0.3 is 29.8 Å². The minimum absolute atomic E-state index is 0.0903. The van der Waals surface area contributed by atoms with Crippen LogP contribution >= 0.6 is 11.6 Å². The molecule has 0 bridgehead atoms. The second kappa shape index (κ2) is 19.2. The number of rotatable bonds is 10. The summed E-state index contributed by atoms with van der Waals surface area (Å²) in [5, 5.41) is 1.54. The summed E-state index contributed by atoms with van der Waals surface area (Å²) in [6.07, 6.45) is 2.07. The first-order valence-electron chi connectivity index (χ1n) is 21.4. The molecule has 6 aromatic rings. The molecule has 0 saturated carbocycles. The lowest BCUT2D eigenvalue weighted by Crippen LogP contribution is -2.40. The van der Waals surface area contributed by atoms with Crippen LogP contribution in [0.25, 0.3) is 44.8 Å². The molecule has 4 aromatic heterocycles. The topological polar surface area (TPSA) is 198 Å². The molecule has 0 radical (unpaired) electrons. The minimum atomic E-state index is -0.713. The van der Waals surface area contributed by atoms with E-state index >= 15 is 0 Å². The van der Waals surface area contributed by atoms with Crippen LogP contribution in [0.3, 0.4) is 0 Å². The van der Waals surface area contributed by atoms with Crippen LogP contribution in [0.15, 0.2) is 72.8 Å². The molecular weight excluding hydrogens is 836 g/mol. The third-order valence-corrected chi connectivity index (χ3v) is 10.0. The van der Waals surface area contributed by atoms with E-state index in [1.54, 1.807) is 26.8 Å². The lowest BCUT2D eigenvalue weighted by molar-refractivity contribution is -0.155. The Morgan fingerprint density at radius 2 is 1.27 bits per heavy atom. The van der Waals surface area contributed by atoms with Crippen molar-refractivity contribution in [3.63, 3.8) is 0 Å². The molecule has 16 heteroatoms. The molecule has 1 aliphatic rings. The largest absolute Gasteiger partial charge is 0.460 e. The normalized spacial score (nSPS) is 14.3. The first-order chi connectivity index (χ1) is 30.0. The van der Waals surface area contributed by atoms with E-state index in [0.29, 0.717) is 59.2 Å². The molecule has 0 aliphatic carbocycles. The van der Waals surface area contributed by atoms with Crippen molar-refractivity contribution in [1.29, 1.82) is 0 Å². The number of fused-ring (bicyclic) bond motifs is 2. The fourth-order valence-corrected chi connectivity index (χ4v) is 7.41. The lowest BCUT2D eigenvalue weighted by Gasteiger charge is -2.24. The molecule has 3 N–H and O–H groups in total. The summed E-state index contributed by atoms with van der Waals surface area (Å²) in [6.45, 7) is 17.0. The molecule has 338 valence electrons. The summed E-state index contributed by atoms with van der Waals surface area (Å²) < 4.78 is 17.8. The van der Waals surface area contributed by atoms with E-state index in [1.807, 2.05) is 113 Å². The van der Waals surface area contributed by atoms with Gasteiger partial charge in [0, 0.05) is 29.1 Å². The zero-order valence-electron chi connectivity index (χ0n) is 38.0. The molecule has 7 rings (SSSR count). The third-order valence-electron chi connectivity index (χ3n) is 9.73. The van der Waals surface area contributed by atoms with Crippen LogP contribution in [-0.4, -0.2) is 82.8 Å². The molecule has 1 fully saturated rings. The second-order valence-electron chi connectivity index (χ2n) is 18.6. The van der Waals surface area contributed by atoms with Gasteiger partial charge in [0.05, 0.1) is 23.6 Å². The number of amides is 1. The highest BCUT2D eigenvalue weighted by molar-refractivity contribution is 6.34. The number of halogens is 1. The molecule has 0 spiro atoms. The number of nitrogens with zero attached hydrogens (tertiary/aromatic N) is 6. The van der Waals surface area contributed by atoms with Gasteiger partial charge in [0.25, 0.3) is 0 Å². The number of aryl methyl sites for hydroxylation is 2. The average molecular weight is 893 g/mol. The highest BCUT2D eigenvalue weighted by atomic mass is 35.5. The number of carbonyl (C=O) groups is 4. The molecule has 1 aliphatic heterocycles. The maximum atomic E-state index is 13.1. The summed E-state index contributed by atoms with van der Waals surface area (Å²) in [4.78, 5) is 73.5. The van der Waals surface area contributed by atoms with Crippen LogP contribution in [0.4, 0.5) is 10.6 Å². The van der Waals surface area contributed by atoms with E-state index in [4.69, 9.17) is 41.5 Å². The standard InChI is InChI=1S/C24H28ClN3O4.C24H29N5O3/c1-23(2,3)31-18(29)13-12-16-14-17-19(25)26-20(15-10-8-7-9-11-15)27-21(17)28(16)22(30)32-24(4,5)6;1-24(2,3)32-19(30)12-11-16-14-17-22(26-16)27-21(15-8-5-4-6-9-15)28-23(17)29-13-7-10-18(29)20(25)31/h7-11,14H,12-13H2,1-6H3;4-6,8-9,14,18H,7,10-13H2,1-3H3,(H2,25,31)(H,26,27,28)/t;18-/m.0/s1. The molecular formula is C48H57ClN8O7. The summed E-state index contributed by atoms with van der Waals surface area (Å²) in [5.74, 6) is 0.695. The highest BCUT2D eigenvalue weighted by Gasteiger charge is 2.32. The highest BCUT2D eigenvalue weighted by Crippen LogP contribution is 2.34. The van der Waals surface area contributed by atoms with E-state index in [9.17, 15) is 19.2 Å². The first kappa shape index (κ1) is 47.1. The van der Waals surface area contributed by atoms with Gasteiger partial charge in [0.2, 0.25) is 5.91 Å². The molecule has 1 amide bonds. The van der Waals surface area contributed by atoms with Crippen molar-refractivity contribution >= 4 is 63.4 Å². The van der Waals surface area contributed by atoms with Gasteiger partial charge in [0.1, 0.15) is 39.5 Å². The molecule has 5 heterocycles. The van der Waals surface area contributed by atoms with E-state index in [1.165, 1.54) is 4.57 Å². The summed E-state index contributed by atoms with van der Waals surface area (Å²) in [5.41, 5.74) is 7.91. The molecule has 0 unspecified atom stereocenters. The van der Waals surface area contributed by atoms with Crippen LogP contribution < -0.4 is 10.6 Å². The molecule has 1 saturated heterocycles. The number of nitrogens with one attached hydrogen (secondary N) is 1. The predicted molar refractivity (Wildman–Crippen MR) is 247 cm³/mol. The van der Waals surface area contributed by atoms with Crippen LogP contribution in [0.1, 0.15) is 99.4 Å². The molecule has 1 atom stereocenters. The first-order valence-corrected chi connectivity index (χ1v) is 21.7. The second-order valence-corrected chi connectivity index (χ2v) is 19.0. The van der Waals surface area contributed by atoms with E-state index < -0.39 is 28.9 Å². The fourth-order valence-electron chi connectivity index (χ4n) is 7.19. The van der Waals surface area contributed by atoms with E-state index in [0.717, 1.165) is 28.6 Å². The number of esters is 2. The Kier molecular flexibility index (Phi) is 14.1. The van der Waals surface area contributed by atoms with Crippen molar-refractivity contribution in [3.8, 4) is 22.8 Å². The number of H-pyrrole nitrogens is 1. The van der Waals surface area contributed by atoms with Gasteiger partial charge in [-0.3, -0.25) is 14.4 Å². The number of benzene rings is 2. The zero-order valence-corrected chi connectivity index (χ0v) is 38.7. The van der Waals surface area contributed by atoms with E-state index in [-0.39, 0.29) is 42.3 Å². The predicted octanol–water partition coefficient (Wildman–Crippen LogP) is 9.16. The molecule has 15 nitrogen and oxygen atoms in total. The molecule has 64 heavy (non-hydrogen) atoms. The number of hydrogen-bond acceptors (Lipinski definition) is 12. The van der Waals surface area contributed by atoms with Crippen LogP contribution in [-0.2, 0) is 41.4 Å². The van der Waals surface area contributed by atoms with Crippen LogP contribution in [0, 0.1) is 0 Å². The Hall–Kier alpha value is -6.35. The van der Waals surface area contributed by atoms with Gasteiger partial charge in [-0.05, 0) is 100 Å². The van der Waals surface area contributed by atoms with Gasteiger partial charge in [-0.1, -0.05) is 72.3 Å². The Balaban J connectivity index is 0.000000213. The number of aromatic amines is 1. The average Bonchev–Trinajstić information content (AvgIpc) is 3.95. The molecule has 2 aromatic carbocycles. The maximum absolute atomic E-state index is 13.1. The quantitative estimate of drug-likeness (QED) is 0.0753. The SMILES string of the molecule is CC(C)(C)OC(=O)CCc1cc2c(Cl)nc(-c3ccccc3)nc2n1C(=O)OC(C)(C)C.CC(C)(C)OC(=O)CCc1cc2c(N3CCC[C@H]3C(N)=O)nc(-c3ccccc3)nc2[nH]1. The number of ether oxygens (including phenoxy) is 3. The number of hydrogen-bond donors (Lipinski definition) is 2. The minimum Gasteiger partial charge on any atom is -0.460 e. The monoisotopic (exact) mass is 892 g/mol. The summed E-state index contributed by atoms with van der Waals surface area (Å²) in [6, 6.07) is 22.4. The Morgan fingerprint density at radius 3 is 1.81 bits per heavy atom. The van der Waals surface area contributed by atoms with Crippen molar-refractivity contribution in [2.45, 2.75) is 124 Å². The van der Waals surface area contributed by atoms with Crippen LogP contribution in [0.2, 0.25) is 5.15 Å². The number of nitrogens with two attached hydrogens (primary N) is 1. The summed E-state index contributed by atoms with van der Waals surface area (Å²) in [7, 11) is 0.